The standard InChI is InChI=1S/C19H24N6O/c1-23-10-4-5-15(18(23)17-7-9-22-25(17)3)13-24(2)19(26)14-6-8-21-16(11-14)12-20/h6-9,11,15,18H,4-5,10,13H2,1-3H3/t15-,18+/m0/s1. The van der Waals surface area contributed by atoms with Crippen LogP contribution >= 0.6 is 0 Å². The lowest BCUT2D eigenvalue weighted by molar-refractivity contribution is 0.0630. The number of pyridine rings is 1. The molecule has 136 valence electrons. The maximum Gasteiger partial charge on any atom is 0.253 e. The van der Waals surface area contributed by atoms with Crippen LogP contribution in [0.2, 0.25) is 0 Å². The Morgan fingerprint density at radius 1 is 1.38 bits per heavy atom. The lowest BCUT2D eigenvalue weighted by Crippen LogP contribution is -2.43. The average Bonchev–Trinajstić information content (AvgIpc) is 3.06. The zero-order chi connectivity index (χ0) is 18.7. The molecule has 3 rings (SSSR count). The van der Waals surface area contributed by atoms with Gasteiger partial charge in [0, 0.05) is 38.6 Å². The third-order valence-electron chi connectivity index (χ3n) is 5.15. The predicted molar refractivity (Wildman–Crippen MR) is 97.2 cm³/mol. The molecule has 1 saturated heterocycles. The minimum atomic E-state index is -0.0825. The Morgan fingerprint density at radius 2 is 2.19 bits per heavy atom. The van der Waals surface area contributed by atoms with Crippen LogP contribution in [0.1, 0.15) is 40.6 Å². The van der Waals surface area contributed by atoms with Crippen molar-refractivity contribution in [1.29, 1.82) is 5.26 Å². The van der Waals surface area contributed by atoms with Gasteiger partial charge in [-0.25, -0.2) is 4.98 Å². The van der Waals surface area contributed by atoms with Gasteiger partial charge in [-0.15, -0.1) is 0 Å². The summed E-state index contributed by atoms with van der Waals surface area (Å²) in [5.41, 5.74) is 1.93. The molecular formula is C19H24N6O. The summed E-state index contributed by atoms with van der Waals surface area (Å²) in [5.74, 6) is 0.247. The van der Waals surface area contributed by atoms with E-state index in [1.807, 2.05) is 31.0 Å². The van der Waals surface area contributed by atoms with Crippen molar-refractivity contribution in [2.75, 3.05) is 27.2 Å². The van der Waals surface area contributed by atoms with Crippen molar-refractivity contribution in [2.45, 2.75) is 18.9 Å². The summed E-state index contributed by atoms with van der Waals surface area (Å²) in [6.07, 6.45) is 5.51. The number of nitrogens with zero attached hydrogens (tertiary/aromatic N) is 6. The normalized spacial score (nSPS) is 20.5. The summed E-state index contributed by atoms with van der Waals surface area (Å²) in [5, 5.41) is 13.3. The molecule has 0 aromatic carbocycles. The maximum atomic E-state index is 12.8. The van der Waals surface area contributed by atoms with Crippen molar-refractivity contribution in [3.63, 3.8) is 0 Å². The van der Waals surface area contributed by atoms with E-state index in [0.29, 0.717) is 18.0 Å². The van der Waals surface area contributed by atoms with Gasteiger partial charge < -0.3 is 4.90 Å². The second kappa shape index (κ2) is 7.67. The molecule has 2 atom stereocenters. The van der Waals surface area contributed by atoms with Gasteiger partial charge in [0.25, 0.3) is 5.91 Å². The van der Waals surface area contributed by atoms with Gasteiger partial charge in [-0.2, -0.15) is 10.4 Å². The number of nitriles is 1. The summed E-state index contributed by atoms with van der Waals surface area (Å²) >= 11 is 0. The molecule has 2 aromatic rings. The first kappa shape index (κ1) is 18.1. The molecule has 0 unspecified atom stereocenters. The molecule has 1 fully saturated rings. The Bertz CT molecular complexity index is 823. The van der Waals surface area contributed by atoms with E-state index in [-0.39, 0.29) is 17.6 Å². The molecular weight excluding hydrogens is 328 g/mol. The topological polar surface area (TPSA) is 78.1 Å². The van der Waals surface area contributed by atoms with Crippen LogP contribution in [0.5, 0.6) is 0 Å². The summed E-state index contributed by atoms with van der Waals surface area (Å²) in [7, 11) is 5.92. The third-order valence-corrected chi connectivity index (χ3v) is 5.15. The number of hydrogen-bond acceptors (Lipinski definition) is 5. The average molecular weight is 352 g/mol. The number of piperidine rings is 1. The number of aryl methyl sites for hydroxylation is 1. The quantitative estimate of drug-likeness (QED) is 0.839. The highest BCUT2D eigenvalue weighted by Gasteiger charge is 2.33. The number of aromatic nitrogens is 3. The van der Waals surface area contributed by atoms with E-state index >= 15 is 0 Å². The van der Waals surface area contributed by atoms with E-state index in [4.69, 9.17) is 5.26 Å². The SMILES string of the molecule is CN(C[C@@H]1CCCN(C)[C@H]1c1ccnn1C)C(=O)c1ccnc(C#N)c1. The third kappa shape index (κ3) is 3.60. The summed E-state index contributed by atoms with van der Waals surface area (Å²) < 4.78 is 1.92. The highest BCUT2D eigenvalue weighted by Crippen LogP contribution is 2.35. The minimum absolute atomic E-state index is 0.0825. The molecule has 3 heterocycles. The van der Waals surface area contributed by atoms with Gasteiger partial charge in [-0.1, -0.05) is 0 Å². The van der Waals surface area contributed by atoms with Crippen LogP contribution in [-0.2, 0) is 7.05 Å². The molecule has 0 radical (unpaired) electrons. The molecule has 1 aliphatic rings. The molecule has 0 N–H and O–H groups in total. The molecule has 0 aliphatic carbocycles. The smallest absolute Gasteiger partial charge is 0.253 e. The van der Waals surface area contributed by atoms with Crippen LogP contribution in [0.25, 0.3) is 0 Å². The zero-order valence-corrected chi connectivity index (χ0v) is 15.5. The first-order valence-corrected chi connectivity index (χ1v) is 8.81. The van der Waals surface area contributed by atoms with Crippen molar-refractivity contribution < 1.29 is 4.79 Å². The molecule has 2 aromatic heterocycles. The predicted octanol–water partition coefficient (Wildman–Crippen LogP) is 1.84. The molecule has 0 saturated carbocycles. The van der Waals surface area contributed by atoms with Gasteiger partial charge in [0.1, 0.15) is 11.8 Å². The molecule has 7 heteroatoms. The second-order valence-corrected chi connectivity index (χ2v) is 6.93. The number of carbonyl (C=O) groups excluding carboxylic acids is 1. The number of likely N-dealkylation sites (tertiary alicyclic amines) is 1. The van der Waals surface area contributed by atoms with Crippen molar-refractivity contribution in [1.82, 2.24) is 24.6 Å². The van der Waals surface area contributed by atoms with E-state index in [1.54, 1.807) is 17.0 Å². The van der Waals surface area contributed by atoms with Gasteiger partial charge in [0.15, 0.2) is 0 Å². The van der Waals surface area contributed by atoms with Gasteiger partial charge in [-0.3, -0.25) is 14.4 Å². The van der Waals surface area contributed by atoms with E-state index < -0.39 is 0 Å². The zero-order valence-electron chi connectivity index (χ0n) is 15.5. The molecule has 0 spiro atoms. The fraction of sp³-hybridized carbons (Fsp3) is 0.474. The molecule has 26 heavy (non-hydrogen) atoms. The van der Waals surface area contributed by atoms with Gasteiger partial charge in [0.2, 0.25) is 0 Å². The van der Waals surface area contributed by atoms with E-state index in [0.717, 1.165) is 19.4 Å². The Kier molecular flexibility index (Phi) is 5.33. The maximum absolute atomic E-state index is 12.8. The largest absolute Gasteiger partial charge is 0.341 e. The minimum Gasteiger partial charge on any atom is -0.341 e. The van der Waals surface area contributed by atoms with Crippen LogP contribution < -0.4 is 0 Å². The Balaban J connectivity index is 1.78. The molecule has 7 nitrogen and oxygen atoms in total. The monoisotopic (exact) mass is 352 g/mol. The molecule has 0 bridgehead atoms. The second-order valence-electron chi connectivity index (χ2n) is 6.93. The van der Waals surface area contributed by atoms with Crippen molar-refractivity contribution in [3.05, 3.63) is 47.5 Å². The van der Waals surface area contributed by atoms with Crippen molar-refractivity contribution in [3.8, 4) is 6.07 Å². The summed E-state index contributed by atoms with van der Waals surface area (Å²) in [6, 6.07) is 7.48. The number of hydrogen-bond donors (Lipinski definition) is 0. The number of carbonyl (C=O) groups is 1. The number of rotatable bonds is 4. The van der Waals surface area contributed by atoms with Gasteiger partial charge >= 0.3 is 0 Å². The van der Waals surface area contributed by atoms with Crippen molar-refractivity contribution >= 4 is 5.91 Å². The Hall–Kier alpha value is -2.72. The van der Waals surface area contributed by atoms with Crippen LogP contribution in [-0.4, -0.2) is 57.7 Å². The summed E-state index contributed by atoms with van der Waals surface area (Å²) in [6.45, 7) is 1.70. The lowest BCUT2D eigenvalue weighted by Gasteiger charge is -2.40. The van der Waals surface area contributed by atoms with Crippen LogP contribution in [0.15, 0.2) is 30.6 Å². The molecule has 1 aliphatic heterocycles. The lowest BCUT2D eigenvalue weighted by atomic mass is 9.86. The Labute approximate surface area is 153 Å². The fourth-order valence-electron chi connectivity index (χ4n) is 3.87. The van der Waals surface area contributed by atoms with E-state index in [9.17, 15) is 4.79 Å². The summed E-state index contributed by atoms with van der Waals surface area (Å²) in [4.78, 5) is 20.8. The first-order chi connectivity index (χ1) is 12.5. The first-order valence-electron chi connectivity index (χ1n) is 8.81. The molecule has 1 amide bonds. The fourth-order valence-corrected chi connectivity index (χ4v) is 3.87. The van der Waals surface area contributed by atoms with Crippen LogP contribution in [0.4, 0.5) is 0 Å². The van der Waals surface area contributed by atoms with E-state index in [1.165, 1.54) is 11.9 Å². The van der Waals surface area contributed by atoms with Gasteiger partial charge in [0.05, 0.1) is 11.7 Å². The highest BCUT2D eigenvalue weighted by atomic mass is 16.2. The van der Waals surface area contributed by atoms with Gasteiger partial charge in [-0.05, 0) is 50.6 Å². The highest BCUT2D eigenvalue weighted by molar-refractivity contribution is 5.94. The van der Waals surface area contributed by atoms with E-state index in [2.05, 4.69) is 28.1 Å². The Morgan fingerprint density at radius 3 is 2.88 bits per heavy atom. The number of amides is 1. The van der Waals surface area contributed by atoms with Crippen LogP contribution in [0, 0.1) is 17.2 Å². The van der Waals surface area contributed by atoms with Crippen molar-refractivity contribution in [2.24, 2.45) is 13.0 Å². The van der Waals surface area contributed by atoms with Crippen LogP contribution in [0.3, 0.4) is 0 Å².